The summed E-state index contributed by atoms with van der Waals surface area (Å²) in [5.74, 6) is -1.30. The van der Waals surface area contributed by atoms with E-state index < -0.39 is 34.4 Å². The normalized spacial score (nSPS) is 17.4. The lowest BCUT2D eigenvalue weighted by Gasteiger charge is -2.27. The van der Waals surface area contributed by atoms with Crippen molar-refractivity contribution in [3.63, 3.8) is 0 Å². The first-order valence-corrected chi connectivity index (χ1v) is 10.9. The number of rotatable bonds is 5. The van der Waals surface area contributed by atoms with E-state index in [0.717, 1.165) is 8.98 Å². The molecule has 27 heavy (non-hydrogen) atoms. The minimum Gasteiger partial charge on any atom is -0.452 e. The molecule has 1 unspecified atom stereocenters. The Balaban J connectivity index is 1.74. The van der Waals surface area contributed by atoms with Crippen LogP contribution in [0, 0.1) is 3.57 Å². The Morgan fingerprint density at radius 1 is 1.07 bits per heavy atom. The summed E-state index contributed by atoms with van der Waals surface area (Å²) in [6.07, 6.45) is 1.47. The maximum Gasteiger partial charge on any atom is 0.338 e. The van der Waals surface area contributed by atoms with Crippen molar-refractivity contribution in [3.8, 4) is 0 Å². The van der Waals surface area contributed by atoms with Crippen LogP contribution in [-0.4, -0.2) is 38.7 Å². The minimum absolute atomic E-state index is 0.196. The molecule has 0 fully saturated rings. The number of para-hydroxylation sites is 1. The first kappa shape index (κ1) is 19.6. The van der Waals surface area contributed by atoms with Crippen molar-refractivity contribution in [2.45, 2.75) is 6.04 Å². The maximum atomic E-state index is 12.8. The fraction of sp³-hybridized carbons (Fsp3) is 0.158. The van der Waals surface area contributed by atoms with E-state index in [1.165, 1.54) is 11.0 Å². The molecular formula is C19H16INO5S. The van der Waals surface area contributed by atoms with Gasteiger partial charge in [-0.05, 0) is 65.1 Å². The van der Waals surface area contributed by atoms with Crippen LogP contribution in [0.1, 0.15) is 10.4 Å². The van der Waals surface area contributed by atoms with E-state index in [-0.39, 0.29) is 5.75 Å². The van der Waals surface area contributed by atoms with Crippen LogP contribution in [0.5, 0.6) is 0 Å². The van der Waals surface area contributed by atoms with Gasteiger partial charge in [0.15, 0.2) is 16.4 Å². The molecule has 1 atom stereocenters. The number of carbonyl (C=O) groups excluding carboxylic acids is 2. The van der Waals surface area contributed by atoms with E-state index in [2.05, 4.69) is 22.6 Å². The van der Waals surface area contributed by atoms with Gasteiger partial charge in [0.2, 0.25) is 0 Å². The van der Waals surface area contributed by atoms with Crippen molar-refractivity contribution in [3.05, 3.63) is 75.2 Å². The number of hydrogen-bond donors (Lipinski definition) is 0. The maximum absolute atomic E-state index is 12.8. The number of sulfone groups is 1. The number of nitrogens with zero attached hydrogens (tertiary/aromatic N) is 1. The van der Waals surface area contributed by atoms with Crippen molar-refractivity contribution in [1.82, 2.24) is 0 Å². The minimum atomic E-state index is -3.34. The fourth-order valence-electron chi connectivity index (χ4n) is 2.70. The van der Waals surface area contributed by atoms with Gasteiger partial charge < -0.3 is 9.64 Å². The second-order valence-corrected chi connectivity index (χ2v) is 9.08. The second-order valence-electron chi connectivity index (χ2n) is 5.91. The summed E-state index contributed by atoms with van der Waals surface area (Å²) in [5, 5.41) is 1.11. The summed E-state index contributed by atoms with van der Waals surface area (Å²) in [4.78, 5) is 26.2. The molecule has 140 valence electrons. The molecule has 0 aromatic heterocycles. The highest BCUT2D eigenvalue weighted by atomic mass is 127. The van der Waals surface area contributed by atoms with Gasteiger partial charge in [0.25, 0.3) is 5.91 Å². The average Bonchev–Trinajstić information content (AvgIpc) is 3.00. The van der Waals surface area contributed by atoms with Crippen LogP contribution in [-0.2, 0) is 19.4 Å². The first-order valence-electron chi connectivity index (χ1n) is 8.06. The second kappa shape index (κ2) is 8.22. The molecule has 2 aromatic rings. The van der Waals surface area contributed by atoms with Gasteiger partial charge in [-0.3, -0.25) is 4.79 Å². The van der Waals surface area contributed by atoms with E-state index in [1.54, 1.807) is 54.6 Å². The largest absolute Gasteiger partial charge is 0.452 e. The predicted octanol–water partition coefficient (Wildman–Crippen LogP) is 2.79. The van der Waals surface area contributed by atoms with Gasteiger partial charge in [0, 0.05) is 14.7 Å². The summed E-state index contributed by atoms with van der Waals surface area (Å²) < 4.78 is 29.6. The zero-order chi connectivity index (χ0) is 19.4. The van der Waals surface area contributed by atoms with Gasteiger partial charge in [-0.1, -0.05) is 18.2 Å². The Kier molecular flexibility index (Phi) is 5.95. The summed E-state index contributed by atoms with van der Waals surface area (Å²) in [7, 11) is -3.34. The third-order valence-electron chi connectivity index (χ3n) is 3.95. The zero-order valence-electron chi connectivity index (χ0n) is 14.1. The summed E-state index contributed by atoms with van der Waals surface area (Å²) >= 11 is 2.12. The van der Waals surface area contributed by atoms with Gasteiger partial charge >= 0.3 is 5.97 Å². The van der Waals surface area contributed by atoms with Crippen LogP contribution < -0.4 is 4.90 Å². The van der Waals surface area contributed by atoms with Crippen LogP contribution >= 0.6 is 22.6 Å². The molecule has 1 amide bonds. The molecule has 1 aliphatic heterocycles. The number of esters is 1. The summed E-state index contributed by atoms with van der Waals surface area (Å²) in [6.45, 7) is -0.482. The van der Waals surface area contributed by atoms with E-state index in [9.17, 15) is 18.0 Å². The average molecular weight is 497 g/mol. The SMILES string of the molecule is O=C(OCC(=O)N(c1ccccc1)C1C=CS(=O)(=O)C1)c1ccc(I)cc1. The predicted molar refractivity (Wildman–Crippen MR) is 110 cm³/mol. The lowest BCUT2D eigenvalue weighted by Crippen LogP contribution is -2.43. The van der Waals surface area contributed by atoms with Crippen LogP contribution in [0.25, 0.3) is 0 Å². The molecular weight excluding hydrogens is 481 g/mol. The van der Waals surface area contributed by atoms with Crippen molar-refractivity contribution in [2.24, 2.45) is 0 Å². The van der Waals surface area contributed by atoms with Crippen molar-refractivity contribution in [2.75, 3.05) is 17.3 Å². The number of amides is 1. The van der Waals surface area contributed by atoms with Gasteiger partial charge in [-0.25, -0.2) is 13.2 Å². The van der Waals surface area contributed by atoms with Crippen molar-refractivity contribution >= 4 is 50.0 Å². The third-order valence-corrected chi connectivity index (χ3v) is 6.05. The molecule has 2 aromatic carbocycles. The topological polar surface area (TPSA) is 80.8 Å². The van der Waals surface area contributed by atoms with Gasteiger partial charge in [0.1, 0.15) is 0 Å². The van der Waals surface area contributed by atoms with Gasteiger partial charge in [0.05, 0.1) is 17.4 Å². The Hall–Kier alpha value is -2.20. The van der Waals surface area contributed by atoms with Crippen LogP contribution in [0.2, 0.25) is 0 Å². The van der Waals surface area contributed by atoms with Crippen LogP contribution in [0.15, 0.2) is 66.1 Å². The van der Waals surface area contributed by atoms with Crippen LogP contribution in [0.4, 0.5) is 5.69 Å². The first-order chi connectivity index (χ1) is 12.9. The van der Waals surface area contributed by atoms with Gasteiger partial charge in [-0.15, -0.1) is 0 Å². The van der Waals surface area contributed by atoms with E-state index >= 15 is 0 Å². The number of hydrogen-bond acceptors (Lipinski definition) is 5. The highest BCUT2D eigenvalue weighted by Crippen LogP contribution is 2.23. The number of benzene rings is 2. The molecule has 0 saturated heterocycles. The third kappa shape index (κ3) is 4.95. The highest BCUT2D eigenvalue weighted by molar-refractivity contribution is 14.1. The monoisotopic (exact) mass is 497 g/mol. The number of ether oxygens (including phenoxy) is 1. The van der Waals surface area contributed by atoms with Crippen molar-refractivity contribution in [1.29, 1.82) is 0 Å². The molecule has 6 nitrogen and oxygen atoms in total. The number of halogens is 1. The Labute approximate surface area is 170 Å². The lowest BCUT2D eigenvalue weighted by atomic mass is 10.2. The van der Waals surface area contributed by atoms with E-state index in [4.69, 9.17) is 4.74 Å². The summed E-state index contributed by atoms with van der Waals surface area (Å²) in [6, 6.07) is 14.8. The smallest absolute Gasteiger partial charge is 0.338 e. The highest BCUT2D eigenvalue weighted by Gasteiger charge is 2.31. The fourth-order valence-corrected chi connectivity index (χ4v) is 4.32. The molecule has 0 bridgehead atoms. The molecule has 1 heterocycles. The molecule has 0 N–H and O–H groups in total. The zero-order valence-corrected chi connectivity index (χ0v) is 17.1. The van der Waals surface area contributed by atoms with E-state index in [0.29, 0.717) is 11.3 Å². The summed E-state index contributed by atoms with van der Waals surface area (Å²) in [5.41, 5.74) is 0.886. The number of carbonyl (C=O) groups is 2. The lowest BCUT2D eigenvalue weighted by molar-refractivity contribution is -0.121. The Bertz CT molecular complexity index is 971. The molecule has 0 spiro atoms. The molecule has 0 aliphatic carbocycles. The Morgan fingerprint density at radius 3 is 2.33 bits per heavy atom. The molecule has 3 rings (SSSR count). The molecule has 8 heteroatoms. The Morgan fingerprint density at radius 2 is 1.74 bits per heavy atom. The standard InChI is InChI=1S/C19H16INO5S/c20-15-8-6-14(7-9-15)19(23)26-12-18(22)21(16-4-2-1-3-5-16)17-10-11-27(24,25)13-17/h1-11,17H,12-13H2. The van der Waals surface area contributed by atoms with Gasteiger partial charge in [-0.2, -0.15) is 0 Å². The molecule has 0 radical (unpaired) electrons. The van der Waals surface area contributed by atoms with Crippen LogP contribution in [0.3, 0.4) is 0 Å². The quantitative estimate of drug-likeness (QED) is 0.469. The molecule has 0 saturated carbocycles. The number of anilines is 1. The van der Waals surface area contributed by atoms with E-state index in [1.807, 2.05) is 0 Å². The van der Waals surface area contributed by atoms with Crippen molar-refractivity contribution < 1.29 is 22.7 Å². The molecule has 1 aliphatic rings.